The molecule has 1 atom stereocenters. The van der Waals surface area contributed by atoms with E-state index < -0.39 is 0 Å². The molecule has 0 radical (unpaired) electrons. The number of aromatic nitrogens is 2. The van der Waals surface area contributed by atoms with Gasteiger partial charge in [-0.15, -0.1) is 0 Å². The standard InChI is InChI=1S/C21H17ClN4O3/c1-25(28)17-9-10-18-19(12-17)26(29)20(24-18)13-5-7-16(8-6-13)23-21(27)14-3-2-4-15(22)11-14/h2-12,25,29H,1H3,(H,23,27). The number of nitrogens with zero attached hydrogens (tertiary/aromatic N) is 2. The van der Waals surface area contributed by atoms with Crippen molar-refractivity contribution in [3.05, 3.63) is 82.5 Å². The van der Waals surface area contributed by atoms with E-state index in [0.29, 0.717) is 44.4 Å². The summed E-state index contributed by atoms with van der Waals surface area (Å²) < 4.78 is 0.960. The van der Waals surface area contributed by atoms with Crippen LogP contribution in [0, 0.1) is 5.21 Å². The molecule has 1 unspecified atom stereocenters. The van der Waals surface area contributed by atoms with Crippen LogP contribution in [0.1, 0.15) is 10.4 Å². The molecule has 1 aromatic heterocycles. The van der Waals surface area contributed by atoms with E-state index in [1.165, 1.54) is 7.05 Å². The highest BCUT2D eigenvalue weighted by atomic mass is 35.5. The lowest BCUT2D eigenvalue weighted by molar-refractivity contribution is -0.751. The maximum atomic E-state index is 12.3. The lowest BCUT2D eigenvalue weighted by atomic mass is 10.1. The Morgan fingerprint density at radius 3 is 2.59 bits per heavy atom. The maximum absolute atomic E-state index is 12.3. The first-order chi connectivity index (χ1) is 13.9. The van der Waals surface area contributed by atoms with E-state index in [1.54, 1.807) is 66.7 Å². The number of halogens is 1. The molecule has 3 aromatic carbocycles. The second-order valence-electron chi connectivity index (χ2n) is 6.55. The first-order valence-electron chi connectivity index (χ1n) is 8.82. The fourth-order valence-electron chi connectivity index (χ4n) is 3.00. The summed E-state index contributed by atoms with van der Waals surface area (Å²) in [6.45, 7) is 0. The van der Waals surface area contributed by atoms with Gasteiger partial charge in [0.25, 0.3) is 5.91 Å². The average molecular weight is 409 g/mol. The number of carbonyl (C=O) groups is 1. The number of carbonyl (C=O) groups excluding carboxylic acids is 1. The zero-order valence-corrected chi connectivity index (χ0v) is 16.1. The number of hydrogen-bond acceptors (Lipinski definition) is 4. The Morgan fingerprint density at radius 2 is 1.90 bits per heavy atom. The molecule has 29 heavy (non-hydrogen) atoms. The van der Waals surface area contributed by atoms with Crippen LogP contribution in [-0.2, 0) is 0 Å². The van der Waals surface area contributed by atoms with Crippen LogP contribution >= 0.6 is 11.6 Å². The van der Waals surface area contributed by atoms with E-state index >= 15 is 0 Å². The van der Waals surface area contributed by atoms with Crippen LogP contribution < -0.4 is 10.4 Å². The number of nitrogens with one attached hydrogen (secondary N) is 2. The topological polar surface area (TPSA) is 94.7 Å². The number of hydrogen-bond donors (Lipinski definition) is 3. The van der Waals surface area contributed by atoms with Crippen LogP contribution in [-0.4, -0.2) is 27.9 Å². The second-order valence-corrected chi connectivity index (χ2v) is 6.99. The Kier molecular flexibility index (Phi) is 4.94. The van der Waals surface area contributed by atoms with Gasteiger partial charge >= 0.3 is 0 Å². The van der Waals surface area contributed by atoms with E-state index in [2.05, 4.69) is 10.3 Å². The summed E-state index contributed by atoms with van der Waals surface area (Å²) in [5.74, 6) is 0.0693. The van der Waals surface area contributed by atoms with Crippen molar-refractivity contribution in [2.24, 2.45) is 0 Å². The van der Waals surface area contributed by atoms with Crippen LogP contribution in [0.4, 0.5) is 11.4 Å². The Morgan fingerprint density at radius 1 is 1.14 bits per heavy atom. The molecule has 4 rings (SSSR count). The second kappa shape index (κ2) is 7.56. The number of imidazole rings is 1. The summed E-state index contributed by atoms with van der Waals surface area (Å²) in [6, 6.07) is 18.6. The molecule has 7 nitrogen and oxygen atoms in total. The number of fused-ring (bicyclic) bond motifs is 1. The Bertz CT molecular complexity index is 1200. The highest BCUT2D eigenvalue weighted by Crippen LogP contribution is 2.26. The molecule has 0 saturated heterocycles. The van der Waals surface area contributed by atoms with Gasteiger partial charge in [0.2, 0.25) is 0 Å². The zero-order chi connectivity index (χ0) is 20.5. The van der Waals surface area contributed by atoms with Crippen molar-refractivity contribution < 1.29 is 15.1 Å². The minimum Gasteiger partial charge on any atom is -0.629 e. The molecule has 1 amide bonds. The first-order valence-corrected chi connectivity index (χ1v) is 9.20. The van der Waals surface area contributed by atoms with Gasteiger partial charge in [0.1, 0.15) is 11.2 Å². The number of benzene rings is 3. The molecule has 1 heterocycles. The summed E-state index contributed by atoms with van der Waals surface area (Å²) in [5.41, 5.74) is 3.24. The zero-order valence-electron chi connectivity index (χ0n) is 15.4. The highest BCUT2D eigenvalue weighted by Gasteiger charge is 2.14. The van der Waals surface area contributed by atoms with Crippen molar-refractivity contribution in [3.8, 4) is 11.4 Å². The average Bonchev–Trinajstić information content (AvgIpc) is 3.04. The van der Waals surface area contributed by atoms with Crippen molar-refractivity contribution in [2.75, 3.05) is 12.4 Å². The molecule has 0 aliphatic carbocycles. The molecule has 0 fully saturated rings. The summed E-state index contributed by atoms with van der Waals surface area (Å²) in [4.78, 5) is 16.8. The largest absolute Gasteiger partial charge is 0.629 e. The highest BCUT2D eigenvalue weighted by molar-refractivity contribution is 6.31. The maximum Gasteiger partial charge on any atom is 0.255 e. The molecular weight excluding hydrogens is 392 g/mol. The predicted octanol–water partition coefficient (Wildman–Crippen LogP) is 3.49. The molecular formula is C21H17ClN4O3. The molecule has 0 aliphatic rings. The number of anilines is 1. The molecule has 0 saturated carbocycles. The number of hydroxylamine groups is 1. The minimum absolute atomic E-state index is 0.0885. The smallest absolute Gasteiger partial charge is 0.255 e. The van der Waals surface area contributed by atoms with E-state index in [1.807, 2.05) is 0 Å². The third-order valence-corrected chi connectivity index (χ3v) is 4.76. The SMILES string of the molecule is C[NH+]([O-])c1ccc2nc(-c3ccc(NC(=O)c4cccc(Cl)c4)cc3)n(O)c2c1. The van der Waals surface area contributed by atoms with Gasteiger partial charge in [0, 0.05) is 34.0 Å². The van der Waals surface area contributed by atoms with E-state index in [9.17, 15) is 15.2 Å². The summed E-state index contributed by atoms with van der Waals surface area (Å²) in [6.07, 6.45) is 0. The predicted molar refractivity (Wildman–Crippen MR) is 112 cm³/mol. The quantitative estimate of drug-likeness (QED) is 0.356. The lowest BCUT2D eigenvalue weighted by Gasteiger charge is -2.14. The van der Waals surface area contributed by atoms with Crippen LogP contribution in [0.3, 0.4) is 0 Å². The minimum atomic E-state index is -0.272. The molecule has 4 aromatic rings. The van der Waals surface area contributed by atoms with Gasteiger partial charge in [0.05, 0.1) is 12.6 Å². The summed E-state index contributed by atoms with van der Waals surface area (Å²) >= 11 is 5.92. The molecule has 0 bridgehead atoms. The van der Waals surface area contributed by atoms with Gasteiger partial charge in [-0.25, -0.2) is 4.98 Å². The Labute approximate surface area is 171 Å². The molecule has 8 heteroatoms. The molecule has 0 aliphatic heterocycles. The normalized spacial score (nSPS) is 12.1. The number of quaternary nitrogens is 1. The van der Waals surface area contributed by atoms with Crippen LogP contribution in [0.2, 0.25) is 5.02 Å². The van der Waals surface area contributed by atoms with E-state index in [-0.39, 0.29) is 11.0 Å². The molecule has 3 N–H and O–H groups in total. The van der Waals surface area contributed by atoms with Crippen LogP contribution in [0.15, 0.2) is 66.7 Å². The molecule has 146 valence electrons. The lowest BCUT2D eigenvalue weighted by Crippen LogP contribution is -2.98. The Hall–Kier alpha value is -3.39. The van der Waals surface area contributed by atoms with Gasteiger partial charge in [0.15, 0.2) is 5.82 Å². The first kappa shape index (κ1) is 18.9. The fraction of sp³-hybridized carbons (Fsp3) is 0.0476. The van der Waals surface area contributed by atoms with Crippen molar-refractivity contribution in [3.63, 3.8) is 0 Å². The van der Waals surface area contributed by atoms with Gasteiger partial charge < -0.3 is 20.8 Å². The van der Waals surface area contributed by atoms with E-state index in [4.69, 9.17) is 11.6 Å². The fourth-order valence-corrected chi connectivity index (χ4v) is 3.19. The van der Waals surface area contributed by atoms with Crippen molar-refractivity contribution in [1.82, 2.24) is 9.71 Å². The van der Waals surface area contributed by atoms with Gasteiger partial charge in [-0.3, -0.25) is 4.79 Å². The third kappa shape index (κ3) is 3.79. The number of rotatable bonds is 4. The van der Waals surface area contributed by atoms with Crippen molar-refractivity contribution in [2.45, 2.75) is 0 Å². The van der Waals surface area contributed by atoms with Crippen LogP contribution in [0.25, 0.3) is 22.4 Å². The Balaban J connectivity index is 1.59. The monoisotopic (exact) mass is 408 g/mol. The van der Waals surface area contributed by atoms with Crippen molar-refractivity contribution >= 4 is 39.9 Å². The van der Waals surface area contributed by atoms with Gasteiger partial charge in [-0.05, 0) is 48.5 Å². The van der Waals surface area contributed by atoms with Gasteiger partial charge in [-0.1, -0.05) is 17.7 Å². The number of amides is 1. The van der Waals surface area contributed by atoms with E-state index in [0.717, 1.165) is 4.73 Å². The van der Waals surface area contributed by atoms with Crippen LogP contribution in [0.5, 0.6) is 0 Å². The van der Waals surface area contributed by atoms with Crippen molar-refractivity contribution in [1.29, 1.82) is 0 Å². The summed E-state index contributed by atoms with van der Waals surface area (Å²) in [7, 11) is 1.47. The summed E-state index contributed by atoms with van der Waals surface area (Å²) in [5, 5.41) is 25.3. The third-order valence-electron chi connectivity index (χ3n) is 4.52. The molecule has 0 spiro atoms. The van der Waals surface area contributed by atoms with Gasteiger partial charge in [-0.2, -0.15) is 4.73 Å².